The van der Waals surface area contributed by atoms with E-state index in [4.69, 9.17) is 0 Å². The molecular formula is C21H17N3OS. The van der Waals surface area contributed by atoms with Crippen molar-refractivity contribution in [1.29, 1.82) is 5.26 Å². The van der Waals surface area contributed by atoms with Gasteiger partial charge in [0.1, 0.15) is 21.8 Å². The van der Waals surface area contributed by atoms with Gasteiger partial charge in [0.15, 0.2) is 0 Å². The number of carbonyl (C=O) groups excluding carboxylic acids is 1. The van der Waals surface area contributed by atoms with Crippen molar-refractivity contribution >= 4 is 33.9 Å². The molecule has 3 rings (SSSR count). The highest BCUT2D eigenvalue weighted by molar-refractivity contribution is 7.17. The summed E-state index contributed by atoms with van der Waals surface area (Å²) in [4.78, 5) is 16.5. The van der Waals surface area contributed by atoms with Crippen molar-refractivity contribution in [2.24, 2.45) is 0 Å². The van der Waals surface area contributed by atoms with Gasteiger partial charge in [0.2, 0.25) is 5.91 Å². The first-order chi connectivity index (χ1) is 12.7. The summed E-state index contributed by atoms with van der Waals surface area (Å²) in [5, 5.41) is 13.7. The molecule has 1 aromatic heterocycles. The number of anilines is 1. The molecule has 2 aromatic carbocycles. The lowest BCUT2D eigenvalue weighted by atomic mass is 10.1. The van der Waals surface area contributed by atoms with E-state index in [0.717, 1.165) is 11.1 Å². The van der Waals surface area contributed by atoms with E-state index in [9.17, 15) is 10.1 Å². The van der Waals surface area contributed by atoms with E-state index in [1.54, 1.807) is 13.0 Å². The summed E-state index contributed by atoms with van der Waals surface area (Å²) in [6, 6.07) is 21.5. The number of hydrogen-bond donors (Lipinski definition) is 1. The van der Waals surface area contributed by atoms with E-state index in [2.05, 4.69) is 16.4 Å². The largest absolute Gasteiger partial charge is 0.316 e. The average Bonchev–Trinajstić information content (AvgIpc) is 3.11. The fourth-order valence-electron chi connectivity index (χ4n) is 2.38. The van der Waals surface area contributed by atoms with Gasteiger partial charge in [-0.3, -0.25) is 4.79 Å². The highest BCUT2D eigenvalue weighted by atomic mass is 32.1. The zero-order chi connectivity index (χ0) is 18.4. The van der Waals surface area contributed by atoms with Crippen LogP contribution in [0.4, 0.5) is 5.00 Å². The van der Waals surface area contributed by atoms with Crippen LogP contribution in [0.25, 0.3) is 22.9 Å². The van der Waals surface area contributed by atoms with Crippen molar-refractivity contribution < 1.29 is 4.79 Å². The van der Waals surface area contributed by atoms with Gasteiger partial charge in [-0.25, -0.2) is 4.98 Å². The number of carbonyl (C=O) groups is 1. The molecule has 5 heteroatoms. The summed E-state index contributed by atoms with van der Waals surface area (Å²) in [5.41, 5.74) is 2.98. The molecule has 26 heavy (non-hydrogen) atoms. The van der Waals surface area contributed by atoms with Crippen LogP contribution in [-0.2, 0) is 4.79 Å². The lowest BCUT2D eigenvalue weighted by Crippen LogP contribution is -2.08. The second-order valence-electron chi connectivity index (χ2n) is 5.55. The lowest BCUT2D eigenvalue weighted by Gasteiger charge is -2.03. The molecule has 1 amide bonds. The minimum Gasteiger partial charge on any atom is -0.316 e. The van der Waals surface area contributed by atoms with Crippen LogP contribution in [0.3, 0.4) is 0 Å². The molecule has 0 aliphatic heterocycles. The zero-order valence-corrected chi connectivity index (χ0v) is 15.1. The van der Waals surface area contributed by atoms with Crippen molar-refractivity contribution in [2.45, 2.75) is 13.3 Å². The Kier molecular flexibility index (Phi) is 5.57. The first-order valence-corrected chi connectivity index (χ1v) is 9.06. The summed E-state index contributed by atoms with van der Waals surface area (Å²) in [6.07, 6.45) is 2.19. The molecule has 0 atom stereocenters. The van der Waals surface area contributed by atoms with Gasteiger partial charge in [-0.15, -0.1) is 0 Å². The number of allylic oxidation sites excluding steroid dienone is 1. The summed E-state index contributed by atoms with van der Waals surface area (Å²) >= 11 is 1.32. The maximum atomic E-state index is 11.9. The van der Waals surface area contributed by atoms with Gasteiger partial charge in [0.25, 0.3) is 0 Å². The smallest absolute Gasteiger partial charge is 0.224 e. The predicted octanol–water partition coefficient (Wildman–Crippen LogP) is 5.22. The molecule has 0 aliphatic rings. The van der Waals surface area contributed by atoms with Crippen LogP contribution in [0.5, 0.6) is 0 Å². The summed E-state index contributed by atoms with van der Waals surface area (Å²) < 4.78 is 0. The minimum atomic E-state index is -0.0806. The minimum absolute atomic E-state index is 0.0806. The molecule has 128 valence electrons. The van der Waals surface area contributed by atoms with Gasteiger partial charge >= 0.3 is 0 Å². The molecule has 0 spiro atoms. The Morgan fingerprint density at radius 3 is 2.42 bits per heavy atom. The molecule has 0 bridgehead atoms. The van der Waals surface area contributed by atoms with Crippen LogP contribution in [-0.4, -0.2) is 10.9 Å². The van der Waals surface area contributed by atoms with Gasteiger partial charge in [-0.05, 0) is 11.6 Å². The number of rotatable bonds is 5. The highest BCUT2D eigenvalue weighted by Crippen LogP contribution is 2.36. The molecule has 1 heterocycles. The quantitative estimate of drug-likeness (QED) is 0.635. The average molecular weight is 359 g/mol. The van der Waals surface area contributed by atoms with Crippen LogP contribution >= 0.6 is 11.3 Å². The predicted molar refractivity (Wildman–Crippen MR) is 106 cm³/mol. The highest BCUT2D eigenvalue weighted by Gasteiger charge is 2.17. The summed E-state index contributed by atoms with van der Waals surface area (Å²) in [7, 11) is 0. The number of hydrogen-bond acceptors (Lipinski definition) is 4. The lowest BCUT2D eigenvalue weighted by molar-refractivity contribution is -0.115. The van der Waals surface area contributed by atoms with E-state index in [1.165, 1.54) is 11.3 Å². The number of thiazole rings is 1. The van der Waals surface area contributed by atoms with Gasteiger partial charge < -0.3 is 5.32 Å². The second kappa shape index (κ2) is 8.24. The third-order valence-corrected chi connectivity index (χ3v) is 4.71. The molecule has 0 radical (unpaired) electrons. The third kappa shape index (κ3) is 4.05. The summed E-state index contributed by atoms with van der Waals surface area (Å²) in [6.45, 7) is 1.80. The normalized spacial score (nSPS) is 11.0. The Bertz CT molecular complexity index is 969. The van der Waals surface area contributed by atoms with Crippen LogP contribution < -0.4 is 5.32 Å². The molecule has 0 aliphatic carbocycles. The number of aromatic nitrogens is 1. The number of nitriles is 1. The van der Waals surface area contributed by atoms with Gasteiger partial charge in [-0.2, -0.15) is 5.26 Å². The van der Waals surface area contributed by atoms with Crippen molar-refractivity contribution in [2.75, 3.05) is 5.32 Å². The Morgan fingerprint density at radius 2 is 1.81 bits per heavy atom. The van der Waals surface area contributed by atoms with Crippen molar-refractivity contribution in [3.05, 3.63) is 71.2 Å². The molecule has 0 fully saturated rings. The van der Waals surface area contributed by atoms with Gasteiger partial charge in [0.05, 0.1) is 5.57 Å². The fraction of sp³-hybridized carbons (Fsp3) is 0.0952. The van der Waals surface area contributed by atoms with E-state index in [-0.39, 0.29) is 5.91 Å². The number of amides is 1. The maximum Gasteiger partial charge on any atom is 0.224 e. The molecule has 0 unspecified atom stereocenters. The van der Waals surface area contributed by atoms with E-state index < -0.39 is 0 Å². The molecule has 4 nitrogen and oxygen atoms in total. The molecule has 0 saturated heterocycles. The number of benzene rings is 2. The van der Waals surface area contributed by atoms with E-state index in [0.29, 0.717) is 27.7 Å². The standard InChI is InChI=1S/C21H17N3OS/c1-2-18(25)23-21-19(16-11-7-4-8-12-16)24-20(26-21)17(14-22)13-15-9-5-3-6-10-15/h3-13H,2H2,1H3,(H,23,25). The Balaban J connectivity index is 2.06. The van der Waals surface area contributed by atoms with Crippen LogP contribution in [0, 0.1) is 11.3 Å². The molecule has 3 aromatic rings. The molecule has 0 saturated carbocycles. The third-order valence-electron chi connectivity index (χ3n) is 3.71. The van der Waals surface area contributed by atoms with E-state index >= 15 is 0 Å². The van der Waals surface area contributed by atoms with Gasteiger partial charge in [0, 0.05) is 12.0 Å². The SMILES string of the molecule is CCC(=O)Nc1sc(C(C#N)=Cc2ccccc2)nc1-c1ccccc1. The van der Waals surface area contributed by atoms with Crippen LogP contribution in [0.2, 0.25) is 0 Å². The Morgan fingerprint density at radius 1 is 1.15 bits per heavy atom. The van der Waals surface area contributed by atoms with Crippen LogP contribution in [0.15, 0.2) is 60.7 Å². The van der Waals surface area contributed by atoms with Crippen molar-refractivity contribution in [1.82, 2.24) is 4.98 Å². The van der Waals surface area contributed by atoms with Crippen molar-refractivity contribution in [3.63, 3.8) is 0 Å². The second-order valence-corrected chi connectivity index (χ2v) is 6.54. The van der Waals surface area contributed by atoms with E-state index in [1.807, 2.05) is 60.7 Å². The Labute approximate surface area is 156 Å². The molecular weight excluding hydrogens is 342 g/mol. The maximum absolute atomic E-state index is 11.9. The molecule has 1 N–H and O–H groups in total. The van der Waals surface area contributed by atoms with Crippen molar-refractivity contribution in [3.8, 4) is 17.3 Å². The van der Waals surface area contributed by atoms with Crippen LogP contribution in [0.1, 0.15) is 23.9 Å². The topological polar surface area (TPSA) is 65.8 Å². The monoisotopic (exact) mass is 359 g/mol. The zero-order valence-electron chi connectivity index (χ0n) is 14.3. The number of nitrogens with zero attached hydrogens (tertiary/aromatic N) is 2. The number of nitrogens with one attached hydrogen (secondary N) is 1. The first-order valence-electron chi connectivity index (χ1n) is 8.24. The summed E-state index contributed by atoms with van der Waals surface area (Å²) in [5.74, 6) is -0.0806. The van der Waals surface area contributed by atoms with Gasteiger partial charge in [-0.1, -0.05) is 78.9 Å². The fourth-order valence-corrected chi connectivity index (χ4v) is 3.35. The first kappa shape index (κ1) is 17.6. The Hall–Kier alpha value is -3.23.